The lowest BCUT2D eigenvalue weighted by Crippen LogP contribution is -2.17. The first-order valence-corrected chi connectivity index (χ1v) is 11.1. The number of amides is 1. The molecule has 1 heterocycles. The van der Waals surface area contributed by atoms with Gasteiger partial charge >= 0.3 is 0 Å². The van der Waals surface area contributed by atoms with Gasteiger partial charge in [0.15, 0.2) is 11.6 Å². The van der Waals surface area contributed by atoms with Crippen LogP contribution in [-0.4, -0.2) is 21.5 Å². The molecule has 0 aliphatic rings. The van der Waals surface area contributed by atoms with Gasteiger partial charge in [0.2, 0.25) is 0 Å². The van der Waals surface area contributed by atoms with Crippen LogP contribution in [0.2, 0.25) is 10.0 Å². The third-order valence-corrected chi connectivity index (χ3v) is 5.81. The highest BCUT2D eigenvalue weighted by atomic mass is 79.9. The zero-order chi connectivity index (χ0) is 22.7. The van der Waals surface area contributed by atoms with Crippen molar-refractivity contribution in [3.8, 4) is 0 Å². The van der Waals surface area contributed by atoms with Gasteiger partial charge in [-0.3, -0.25) is 14.3 Å². The molecule has 0 radical (unpaired) electrons. The molecule has 0 fully saturated rings. The predicted octanol–water partition coefficient (Wildman–Crippen LogP) is 6.48. The van der Waals surface area contributed by atoms with E-state index in [1.165, 1.54) is 0 Å². The number of halogens is 3. The highest BCUT2D eigenvalue weighted by Crippen LogP contribution is 2.23. The minimum absolute atomic E-state index is 0.256. The van der Waals surface area contributed by atoms with Crippen LogP contribution in [0.1, 0.15) is 31.8 Å². The second kappa shape index (κ2) is 9.69. The Morgan fingerprint density at radius 2 is 1.47 bits per heavy atom. The highest BCUT2D eigenvalue weighted by molar-refractivity contribution is 9.10. The van der Waals surface area contributed by atoms with Crippen LogP contribution < -0.4 is 5.32 Å². The Morgan fingerprint density at radius 3 is 2.12 bits per heavy atom. The summed E-state index contributed by atoms with van der Waals surface area (Å²) in [6.45, 7) is 0.511. The number of hydrogen-bond acceptors (Lipinski definition) is 3. The Kier molecular flexibility index (Phi) is 6.74. The second-order valence-corrected chi connectivity index (χ2v) is 8.71. The van der Waals surface area contributed by atoms with Crippen LogP contribution >= 0.6 is 39.1 Å². The number of nitrogens with one attached hydrogen (secondary N) is 1. The number of nitrogens with zero attached hydrogens (tertiary/aromatic N) is 2. The molecular formula is C24H16BrCl2N3O2. The third-order valence-electron chi connectivity index (χ3n) is 4.73. The van der Waals surface area contributed by atoms with E-state index in [1.807, 2.05) is 24.3 Å². The minimum Gasteiger partial charge on any atom is -0.304 e. The molecule has 1 N–H and O–H groups in total. The van der Waals surface area contributed by atoms with Crippen molar-refractivity contribution in [1.82, 2.24) is 9.78 Å². The molecule has 0 saturated heterocycles. The summed E-state index contributed by atoms with van der Waals surface area (Å²) in [7, 11) is 0. The van der Waals surface area contributed by atoms with E-state index in [-0.39, 0.29) is 11.3 Å². The maximum absolute atomic E-state index is 13.0. The summed E-state index contributed by atoms with van der Waals surface area (Å²) >= 11 is 15.3. The summed E-state index contributed by atoms with van der Waals surface area (Å²) in [4.78, 5) is 26.0. The Hall–Kier alpha value is -2.93. The summed E-state index contributed by atoms with van der Waals surface area (Å²) in [5.41, 5.74) is 2.01. The summed E-state index contributed by atoms with van der Waals surface area (Å²) in [6, 6.07) is 20.7. The van der Waals surface area contributed by atoms with E-state index in [1.54, 1.807) is 59.4 Å². The van der Waals surface area contributed by atoms with E-state index in [4.69, 9.17) is 23.2 Å². The maximum Gasteiger partial charge on any atom is 0.257 e. The van der Waals surface area contributed by atoms with Gasteiger partial charge in [-0.2, -0.15) is 5.10 Å². The van der Waals surface area contributed by atoms with E-state index in [0.29, 0.717) is 38.0 Å². The number of rotatable bonds is 6. The normalized spacial score (nSPS) is 10.7. The number of hydrogen-bond donors (Lipinski definition) is 1. The Balaban J connectivity index is 1.55. The van der Waals surface area contributed by atoms with Crippen molar-refractivity contribution in [3.05, 3.63) is 116 Å². The van der Waals surface area contributed by atoms with E-state index in [2.05, 4.69) is 26.3 Å². The number of ketones is 1. The molecule has 0 aliphatic carbocycles. The SMILES string of the molecule is O=C(Nc1nn(Cc2ccc(Cl)cc2)cc1Br)c1ccccc1C(=O)c1ccc(Cl)cc1. The van der Waals surface area contributed by atoms with Crippen molar-refractivity contribution >= 4 is 56.6 Å². The predicted molar refractivity (Wildman–Crippen MR) is 130 cm³/mol. The van der Waals surface area contributed by atoms with E-state index in [0.717, 1.165) is 5.56 Å². The van der Waals surface area contributed by atoms with Gasteiger partial charge in [-0.05, 0) is 64.0 Å². The third kappa shape index (κ3) is 5.10. The Morgan fingerprint density at radius 1 is 0.875 bits per heavy atom. The first-order chi connectivity index (χ1) is 15.4. The standard InChI is InChI=1S/C24H16BrCl2N3O2/c25-21-14-30(13-15-5-9-17(26)10-6-15)29-23(21)28-24(32)20-4-2-1-3-19(20)22(31)16-7-11-18(27)12-8-16/h1-12,14H,13H2,(H,28,29,32). The molecule has 4 rings (SSSR count). The Labute approximate surface area is 203 Å². The van der Waals surface area contributed by atoms with Gasteiger partial charge in [-0.1, -0.05) is 53.5 Å². The molecule has 0 unspecified atom stereocenters. The van der Waals surface area contributed by atoms with Crippen molar-refractivity contribution < 1.29 is 9.59 Å². The molecule has 8 heteroatoms. The lowest BCUT2D eigenvalue weighted by Gasteiger charge is -2.09. The molecule has 1 amide bonds. The highest BCUT2D eigenvalue weighted by Gasteiger charge is 2.20. The smallest absolute Gasteiger partial charge is 0.257 e. The number of carbonyl (C=O) groups is 2. The van der Waals surface area contributed by atoms with Crippen LogP contribution in [0.4, 0.5) is 5.82 Å². The molecule has 32 heavy (non-hydrogen) atoms. The lowest BCUT2D eigenvalue weighted by molar-refractivity contribution is 0.0996. The lowest BCUT2D eigenvalue weighted by atomic mass is 9.98. The molecule has 5 nitrogen and oxygen atoms in total. The van der Waals surface area contributed by atoms with Gasteiger partial charge < -0.3 is 5.32 Å². The van der Waals surface area contributed by atoms with E-state index >= 15 is 0 Å². The largest absolute Gasteiger partial charge is 0.304 e. The minimum atomic E-state index is -0.430. The Bertz CT molecular complexity index is 1290. The van der Waals surface area contributed by atoms with Crippen LogP contribution in [0.3, 0.4) is 0 Å². The van der Waals surface area contributed by atoms with E-state index in [9.17, 15) is 9.59 Å². The van der Waals surface area contributed by atoms with Crippen LogP contribution in [0.15, 0.2) is 83.5 Å². The van der Waals surface area contributed by atoms with Crippen LogP contribution in [0.5, 0.6) is 0 Å². The van der Waals surface area contributed by atoms with Gasteiger partial charge in [0.05, 0.1) is 16.6 Å². The molecule has 0 bridgehead atoms. The zero-order valence-corrected chi connectivity index (χ0v) is 19.7. The average Bonchev–Trinajstić information content (AvgIpc) is 3.13. The average molecular weight is 529 g/mol. The molecule has 0 spiro atoms. The molecule has 0 saturated carbocycles. The van der Waals surface area contributed by atoms with Crippen molar-refractivity contribution in [1.29, 1.82) is 0 Å². The van der Waals surface area contributed by atoms with Gasteiger partial charge in [0, 0.05) is 27.4 Å². The molecule has 160 valence electrons. The maximum atomic E-state index is 13.0. The summed E-state index contributed by atoms with van der Waals surface area (Å²) in [5, 5.41) is 8.42. The van der Waals surface area contributed by atoms with Crippen molar-refractivity contribution in [3.63, 3.8) is 0 Å². The molecule has 0 aliphatic heterocycles. The topological polar surface area (TPSA) is 64.0 Å². The van der Waals surface area contributed by atoms with Gasteiger partial charge in [-0.15, -0.1) is 0 Å². The molecule has 1 aromatic heterocycles. The quantitative estimate of drug-likeness (QED) is 0.291. The monoisotopic (exact) mass is 527 g/mol. The van der Waals surface area contributed by atoms with Gasteiger partial charge in [-0.25, -0.2) is 0 Å². The van der Waals surface area contributed by atoms with Crippen molar-refractivity contribution in [2.75, 3.05) is 5.32 Å². The van der Waals surface area contributed by atoms with Crippen molar-refractivity contribution in [2.45, 2.75) is 6.54 Å². The molecule has 0 atom stereocenters. The second-order valence-electron chi connectivity index (χ2n) is 6.99. The summed E-state index contributed by atoms with van der Waals surface area (Å²) < 4.78 is 2.33. The van der Waals surface area contributed by atoms with Crippen molar-refractivity contribution in [2.24, 2.45) is 0 Å². The fourth-order valence-corrected chi connectivity index (χ4v) is 3.82. The van der Waals surface area contributed by atoms with E-state index < -0.39 is 5.91 Å². The fourth-order valence-electron chi connectivity index (χ4n) is 3.15. The van der Waals surface area contributed by atoms with Gasteiger partial charge in [0.25, 0.3) is 5.91 Å². The summed E-state index contributed by atoms with van der Waals surface area (Å²) in [6.07, 6.45) is 1.77. The number of anilines is 1. The number of benzene rings is 3. The molecular weight excluding hydrogens is 513 g/mol. The number of carbonyl (C=O) groups excluding carboxylic acids is 2. The van der Waals surface area contributed by atoms with Gasteiger partial charge in [0.1, 0.15) is 0 Å². The first-order valence-electron chi connectivity index (χ1n) is 9.59. The fraction of sp³-hybridized carbons (Fsp3) is 0.0417. The summed E-state index contributed by atoms with van der Waals surface area (Å²) in [5.74, 6) is -0.335. The number of aromatic nitrogens is 2. The van der Waals surface area contributed by atoms with Crippen LogP contribution in [0, 0.1) is 0 Å². The first kappa shape index (κ1) is 22.3. The van der Waals surface area contributed by atoms with Crippen LogP contribution in [-0.2, 0) is 6.54 Å². The zero-order valence-electron chi connectivity index (χ0n) is 16.6. The molecule has 3 aromatic carbocycles. The molecule has 4 aromatic rings. The van der Waals surface area contributed by atoms with Crippen LogP contribution in [0.25, 0.3) is 0 Å².